The van der Waals surface area contributed by atoms with E-state index in [-0.39, 0.29) is 23.0 Å². The average molecular weight is 294 g/mol. The van der Waals surface area contributed by atoms with Crippen molar-refractivity contribution in [2.45, 2.75) is 32.4 Å². The number of non-ortho nitro benzene ring substituents is 1. The lowest BCUT2D eigenvalue weighted by Gasteiger charge is -2.49. The molecule has 1 aromatic rings. The van der Waals surface area contributed by atoms with Gasteiger partial charge in [-0.3, -0.25) is 14.9 Å². The third-order valence-electron chi connectivity index (χ3n) is 4.16. The summed E-state index contributed by atoms with van der Waals surface area (Å²) in [5.41, 5.74) is -0.471. The third-order valence-corrected chi connectivity index (χ3v) is 4.16. The second-order valence-electron chi connectivity index (χ2n) is 5.74. The van der Waals surface area contributed by atoms with Crippen LogP contribution in [0.2, 0.25) is 0 Å². The highest BCUT2D eigenvalue weighted by Gasteiger charge is 2.48. The first-order valence-electron chi connectivity index (χ1n) is 6.58. The van der Waals surface area contributed by atoms with Gasteiger partial charge in [0.1, 0.15) is 5.75 Å². The summed E-state index contributed by atoms with van der Waals surface area (Å²) in [6.07, 6.45) is 0.00509. The van der Waals surface area contributed by atoms with Crippen molar-refractivity contribution >= 4 is 11.6 Å². The van der Waals surface area contributed by atoms with Crippen LogP contribution >= 0.6 is 0 Å². The predicted octanol–water partition coefficient (Wildman–Crippen LogP) is 1.49. The molecule has 7 heteroatoms. The largest absolute Gasteiger partial charge is 0.496 e. The maximum absolute atomic E-state index is 12.3. The normalized spacial score (nSPS) is 23.0. The number of hydrogen-bond donors (Lipinski definition) is 2. The van der Waals surface area contributed by atoms with E-state index in [1.54, 1.807) is 0 Å². The van der Waals surface area contributed by atoms with Crippen LogP contribution in [0.15, 0.2) is 18.2 Å². The van der Waals surface area contributed by atoms with Crippen LogP contribution in [-0.2, 0) is 0 Å². The molecule has 2 atom stereocenters. The van der Waals surface area contributed by atoms with Crippen molar-refractivity contribution in [3.8, 4) is 5.75 Å². The molecule has 1 aromatic carbocycles. The van der Waals surface area contributed by atoms with Gasteiger partial charge in [0.2, 0.25) is 0 Å². The van der Waals surface area contributed by atoms with Gasteiger partial charge in [0.25, 0.3) is 11.6 Å². The molecule has 1 aliphatic rings. The van der Waals surface area contributed by atoms with E-state index in [1.165, 1.54) is 25.3 Å². The van der Waals surface area contributed by atoms with Crippen LogP contribution in [0, 0.1) is 15.5 Å². The molecule has 114 valence electrons. The van der Waals surface area contributed by atoms with E-state index in [2.05, 4.69) is 5.32 Å². The maximum atomic E-state index is 12.3. The summed E-state index contributed by atoms with van der Waals surface area (Å²) < 4.78 is 5.07. The fourth-order valence-electron chi connectivity index (χ4n) is 2.37. The number of carbonyl (C=O) groups is 1. The standard InChI is InChI=1S/C14H18N2O5/c1-14(2)11(7-12(14)17)15-13(18)9-6-8(16(19)20)4-5-10(9)21-3/h4-6,11-12,17H,7H2,1-3H3,(H,15,18). The number of aliphatic hydroxyl groups excluding tert-OH is 1. The number of methoxy groups -OCH3 is 1. The Hall–Kier alpha value is -2.15. The maximum Gasteiger partial charge on any atom is 0.270 e. The van der Waals surface area contributed by atoms with Crippen molar-refractivity contribution in [3.63, 3.8) is 0 Å². The number of amides is 1. The first kappa shape index (κ1) is 15.2. The highest BCUT2D eigenvalue weighted by Crippen LogP contribution is 2.40. The molecule has 1 saturated carbocycles. The monoisotopic (exact) mass is 294 g/mol. The summed E-state index contributed by atoms with van der Waals surface area (Å²) in [6, 6.07) is 3.69. The van der Waals surface area contributed by atoms with Crippen LogP contribution in [0.5, 0.6) is 5.75 Å². The molecule has 1 aliphatic carbocycles. The Balaban J connectivity index is 2.22. The number of nitrogens with one attached hydrogen (secondary N) is 1. The molecule has 0 bridgehead atoms. The van der Waals surface area contributed by atoms with E-state index < -0.39 is 22.3 Å². The minimum absolute atomic E-state index is 0.115. The van der Waals surface area contributed by atoms with Crippen LogP contribution in [0.3, 0.4) is 0 Å². The first-order valence-corrected chi connectivity index (χ1v) is 6.58. The topological polar surface area (TPSA) is 102 Å². The van der Waals surface area contributed by atoms with Gasteiger partial charge in [0.05, 0.1) is 23.7 Å². The molecule has 2 rings (SSSR count). The molecular weight excluding hydrogens is 276 g/mol. The van der Waals surface area contributed by atoms with Gasteiger partial charge in [-0.05, 0) is 12.5 Å². The molecular formula is C14H18N2O5. The smallest absolute Gasteiger partial charge is 0.270 e. The summed E-state index contributed by atoms with van der Waals surface area (Å²) in [6.45, 7) is 3.72. The Morgan fingerprint density at radius 2 is 2.19 bits per heavy atom. The number of nitrogens with zero attached hydrogens (tertiary/aromatic N) is 1. The zero-order valence-electron chi connectivity index (χ0n) is 12.1. The molecule has 0 spiro atoms. The van der Waals surface area contributed by atoms with Crippen molar-refractivity contribution in [1.82, 2.24) is 5.32 Å². The number of benzene rings is 1. The molecule has 0 heterocycles. The van der Waals surface area contributed by atoms with Crippen LogP contribution in [0.4, 0.5) is 5.69 Å². The molecule has 1 fully saturated rings. The molecule has 2 N–H and O–H groups in total. The summed E-state index contributed by atoms with van der Waals surface area (Å²) in [5, 5.41) is 23.3. The molecule has 0 radical (unpaired) electrons. The van der Waals surface area contributed by atoms with Gasteiger partial charge in [0, 0.05) is 23.6 Å². The van der Waals surface area contributed by atoms with E-state index in [1.807, 2.05) is 13.8 Å². The molecule has 2 unspecified atom stereocenters. The number of aliphatic hydroxyl groups is 1. The van der Waals surface area contributed by atoms with Crippen molar-refractivity contribution in [2.24, 2.45) is 5.41 Å². The Labute approximate surface area is 122 Å². The molecule has 0 aromatic heterocycles. The van der Waals surface area contributed by atoms with E-state index in [0.29, 0.717) is 6.42 Å². The van der Waals surface area contributed by atoms with Gasteiger partial charge in [0.15, 0.2) is 0 Å². The summed E-state index contributed by atoms with van der Waals surface area (Å²) in [4.78, 5) is 22.6. The highest BCUT2D eigenvalue weighted by molar-refractivity contribution is 5.97. The number of carbonyl (C=O) groups excluding carboxylic acids is 1. The van der Waals surface area contributed by atoms with Gasteiger partial charge in [-0.15, -0.1) is 0 Å². The zero-order valence-corrected chi connectivity index (χ0v) is 12.1. The van der Waals surface area contributed by atoms with Crippen LogP contribution in [0.25, 0.3) is 0 Å². The van der Waals surface area contributed by atoms with Crippen molar-refractivity contribution < 1.29 is 19.6 Å². The number of ether oxygens (including phenoxy) is 1. The lowest BCUT2D eigenvalue weighted by atomic mass is 9.64. The molecule has 0 saturated heterocycles. The average Bonchev–Trinajstić information content (AvgIpc) is 2.45. The van der Waals surface area contributed by atoms with Crippen LogP contribution in [-0.4, -0.2) is 35.2 Å². The van der Waals surface area contributed by atoms with Gasteiger partial charge in [-0.2, -0.15) is 0 Å². The minimum Gasteiger partial charge on any atom is -0.496 e. The SMILES string of the molecule is COc1ccc([N+](=O)[O-])cc1C(=O)NC1CC(O)C1(C)C. The van der Waals surface area contributed by atoms with E-state index in [0.717, 1.165) is 0 Å². The van der Waals surface area contributed by atoms with E-state index >= 15 is 0 Å². The first-order chi connectivity index (χ1) is 9.77. The molecule has 1 amide bonds. The number of nitro groups is 1. The van der Waals surface area contributed by atoms with Gasteiger partial charge < -0.3 is 15.2 Å². The van der Waals surface area contributed by atoms with E-state index in [9.17, 15) is 20.0 Å². The summed E-state index contributed by atoms with van der Waals surface area (Å²) >= 11 is 0. The second-order valence-corrected chi connectivity index (χ2v) is 5.74. The Kier molecular flexibility index (Phi) is 3.87. The number of rotatable bonds is 4. The second kappa shape index (κ2) is 5.33. The van der Waals surface area contributed by atoms with Gasteiger partial charge in [-0.25, -0.2) is 0 Å². The van der Waals surface area contributed by atoms with Crippen molar-refractivity contribution in [3.05, 3.63) is 33.9 Å². The lowest BCUT2D eigenvalue weighted by Crippen LogP contribution is -2.61. The van der Waals surface area contributed by atoms with Gasteiger partial charge >= 0.3 is 0 Å². The third kappa shape index (κ3) is 2.69. The minimum atomic E-state index is -0.562. The van der Waals surface area contributed by atoms with Gasteiger partial charge in [-0.1, -0.05) is 13.8 Å². The van der Waals surface area contributed by atoms with Crippen molar-refractivity contribution in [1.29, 1.82) is 0 Å². The molecule has 0 aliphatic heterocycles. The summed E-state index contributed by atoms with van der Waals surface area (Å²) in [5.74, 6) is -0.170. The Morgan fingerprint density at radius 1 is 1.52 bits per heavy atom. The fourth-order valence-corrected chi connectivity index (χ4v) is 2.37. The van der Waals surface area contributed by atoms with Crippen molar-refractivity contribution in [2.75, 3.05) is 7.11 Å². The zero-order chi connectivity index (χ0) is 15.8. The molecule has 7 nitrogen and oxygen atoms in total. The molecule has 21 heavy (non-hydrogen) atoms. The summed E-state index contributed by atoms with van der Waals surface area (Å²) in [7, 11) is 1.40. The van der Waals surface area contributed by atoms with E-state index in [4.69, 9.17) is 4.74 Å². The predicted molar refractivity (Wildman–Crippen MR) is 75.3 cm³/mol. The fraction of sp³-hybridized carbons (Fsp3) is 0.500. The van der Waals surface area contributed by atoms with Crippen LogP contribution in [0.1, 0.15) is 30.6 Å². The quantitative estimate of drug-likeness (QED) is 0.647. The Morgan fingerprint density at radius 3 is 2.67 bits per heavy atom. The number of hydrogen-bond acceptors (Lipinski definition) is 5. The Bertz CT molecular complexity index is 585. The highest BCUT2D eigenvalue weighted by atomic mass is 16.6. The van der Waals surface area contributed by atoms with Crippen LogP contribution < -0.4 is 10.1 Å². The number of nitro benzene ring substituents is 1. The lowest BCUT2D eigenvalue weighted by molar-refractivity contribution is -0.384.